The number of hydrogen-bond donors (Lipinski definition) is 2. The summed E-state index contributed by atoms with van der Waals surface area (Å²) in [4.78, 5) is 8.12. The maximum Gasteiger partial charge on any atom is 0.191 e. The molecule has 0 aliphatic rings. The molecule has 0 spiro atoms. The van der Waals surface area contributed by atoms with Crippen molar-refractivity contribution in [2.24, 2.45) is 12.0 Å². The molecule has 0 fully saturated rings. The zero-order valence-corrected chi connectivity index (χ0v) is 15.7. The number of aliphatic imine (C=N–C) groups is 1. The van der Waals surface area contributed by atoms with Gasteiger partial charge in [-0.05, 0) is 13.8 Å². The summed E-state index contributed by atoms with van der Waals surface area (Å²) in [6.45, 7) is 6.26. The van der Waals surface area contributed by atoms with Crippen LogP contribution < -0.4 is 10.6 Å². The topological polar surface area (TPSA) is 84.9 Å². The second kappa shape index (κ2) is 8.71. The molecule has 0 bridgehead atoms. The van der Waals surface area contributed by atoms with Crippen LogP contribution in [0.1, 0.15) is 17.0 Å². The SMILES string of the molecule is CN=C(NCCn1cncn1)NCc1c(C)nn(C)c1C.I. The van der Waals surface area contributed by atoms with Crippen molar-refractivity contribution in [1.82, 2.24) is 35.2 Å². The Bertz CT molecular complexity index is 602. The van der Waals surface area contributed by atoms with Crippen LogP contribution in [-0.2, 0) is 20.1 Å². The van der Waals surface area contributed by atoms with Crippen LogP contribution >= 0.6 is 24.0 Å². The number of nitrogens with one attached hydrogen (secondary N) is 2. The third-order valence-corrected chi connectivity index (χ3v) is 3.42. The molecule has 2 N–H and O–H groups in total. The third-order valence-electron chi connectivity index (χ3n) is 3.42. The first-order valence-electron chi connectivity index (χ1n) is 6.87. The van der Waals surface area contributed by atoms with Crippen molar-refractivity contribution in [3.05, 3.63) is 29.6 Å². The molecule has 2 heterocycles. The van der Waals surface area contributed by atoms with Gasteiger partial charge in [-0.15, -0.1) is 24.0 Å². The molecule has 0 atom stereocenters. The minimum Gasteiger partial charge on any atom is -0.355 e. The van der Waals surface area contributed by atoms with Crippen molar-refractivity contribution in [1.29, 1.82) is 0 Å². The summed E-state index contributed by atoms with van der Waals surface area (Å²) in [5.74, 6) is 0.762. The van der Waals surface area contributed by atoms with Crippen molar-refractivity contribution in [3.63, 3.8) is 0 Å². The summed E-state index contributed by atoms with van der Waals surface area (Å²) >= 11 is 0. The van der Waals surface area contributed by atoms with Crippen molar-refractivity contribution >= 4 is 29.9 Å². The predicted octanol–water partition coefficient (Wildman–Crippen LogP) is 0.612. The van der Waals surface area contributed by atoms with Gasteiger partial charge in [-0.3, -0.25) is 14.4 Å². The predicted molar refractivity (Wildman–Crippen MR) is 96.3 cm³/mol. The maximum absolute atomic E-state index is 4.41. The molecule has 0 unspecified atom stereocenters. The Morgan fingerprint density at radius 1 is 1.32 bits per heavy atom. The van der Waals surface area contributed by atoms with Gasteiger partial charge in [0.2, 0.25) is 0 Å². The molecule has 9 heteroatoms. The van der Waals surface area contributed by atoms with Gasteiger partial charge < -0.3 is 10.6 Å². The minimum absolute atomic E-state index is 0. The molecule has 0 saturated carbocycles. The molecule has 0 radical (unpaired) electrons. The van der Waals surface area contributed by atoms with Gasteiger partial charge in [0, 0.05) is 38.4 Å². The van der Waals surface area contributed by atoms with Crippen LogP contribution in [0, 0.1) is 13.8 Å². The van der Waals surface area contributed by atoms with Crippen molar-refractivity contribution in [2.75, 3.05) is 13.6 Å². The monoisotopic (exact) mass is 418 g/mol. The van der Waals surface area contributed by atoms with E-state index in [4.69, 9.17) is 0 Å². The Labute approximate surface area is 147 Å². The van der Waals surface area contributed by atoms with E-state index in [1.807, 2.05) is 18.7 Å². The first-order chi connectivity index (χ1) is 10.1. The zero-order chi connectivity index (χ0) is 15.2. The van der Waals surface area contributed by atoms with E-state index in [0.717, 1.165) is 30.4 Å². The highest BCUT2D eigenvalue weighted by atomic mass is 127. The molecular weight excluding hydrogens is 395 g/mol. The Morgan fingerprint density at radius 3 is 2.64 bits per heavy atom. The number of guanidine groups is 1. The number of aryl methyl sites for hydroxylation is 2. The molecule has 0 aromatic carbocycles. The van der Waals surface area contributed by atoms with Gasteiger partial charge in [0.25, 0.3) is 0 Å². The summed E-state index contributed by atoms with van der Waals surface area (Å²) in [6, 6.07) is 0. The van der Waals surface area contributed by atoms with Gasteiger partial charge in [-0.25, -0.2) is 4.98 Å². The summed E-state index contributed by atoms with van der Waals surface area (Å²) in [5.41, 5.74) is 3.41. The number of aromatic nitrogens is 5. The molecule has 8 nitrogen and oxygen atoms in total. The average molecular weight is 418 g/mol. The standard InChI is InChI=1S/C13H22N8.HI/c1-10-12(11(2)20(4)19-10)7-17-13(14-3)16-5-6-21-9-15-8-18-21;/h8-9H,5-7H2,1-4H3,(H2,14,16,17);1H. The summed E-state index contributed by atoms with van der Waals surface area (Å²) in [6.07, 6.45) is 3.22. The highest BCUT2D eigenvalue weighted by Crippen LogP contribution is 2.10. The fraction of sp³-hybridized carbons (Fsp3) is 0.538. The first-order valence-corrected chi connectivity index (χ1v) is 6.87. The molecule has 22 heavy (non-hydrogen) atoms. The second-order valence-corrected chi connectivity index (χ2v) is 4.78. The molecule has 0 aliphatic carbocycles. The molecule has 0 saturated heterocycles. The summed E-state index contributed by atoms with van der Waals surface area (Å²) < 4.78 is 3.67. The largest absolute Gasteiger partial charge is 0.355 e. The summed E-state index contributed by atoms with van der Waals surface area (Å²) in [7, 11) is 3.71. The summed E-state index contributed by atoms with van der Waals surface area (Å²) in [5, 5.41) is 15.0. The second-order valence-electron chi connectivity index (χ2n) is 4.78. The zero-order valence-electron chi connectivity index (χ0n) is 13.4. The van der Waals surface area contributed by atoms with E-state index in [9.17, 15) is 0 Å². The number of rotatable bonds is 5. The Hall–Kier alpha value is -1.65. The van der Waals surface area contributed by atoms with Gasteiger partial charge >= 0.3 is 0 Å². The van der Waals surface area contributed by atoms with Crippen LogP contribution in [0.3, 0.4) is 0 Å². The first kappa shape index (κ1) is 18.4. The van der Waals surface area contributed by atoms with E-state index in [-0.39, 0.29) is 24.0 Å². The fourth-order valence-electron chi connectivity index (χ4n) is 2.10. The highest BCUT2D eigenvalue weighted by molar-refractivity contribution is 14.0. The molecular formula is C13H23IN8. The number of halogens is 1. The lowest BCUT2D eigenvalue weighted by Gasteiger charge is -2.12. The van der Waals surface area contributed by atoms with Crippen molar-refractivity contribution < 1.29 is 0 Å². The molecule has 122 valence electrons. The van der Waals surface area contributed by atoms with E-state index in [2.05, 4.69) is 37.7 Å². The Balaban J connectivity index is 0.00000242. The molecule has 0 aliphatic heterocycles. The lowest BCUT2D eigenvalue weighted by atomic mass is 10.2. The number of hydrogen-bond acceptors (Lipinski definition) is 4. The van der Waals surface area contributed by atoms with Crippen LogP contribution in [0.2, 0.25) is 0 Å². The van der Waals surface area contributed by atoms with E-state index in [0.29, 0.717) is 6.54 Å². The molecule has 2 rings (SSSR count). The maximum atomic E-state index is 4.41. The average Bonchev–Trinajstić information content (AvgIpc) is 3.05. The molecule has 2 aromatic rings. The van der Waals surface area contributed by atoms with Crippen LogP contribution in [0.4, 0.5) is 0 Å². The highest BCUT2D eigenvalue weighted by Gasteiger charge is 2.09. The van der Waals surface area contributed by atoms with Crippen LogP contribution in [0.25, 0.3) is 0 Å². The van der Waals surface area contributed by atoms with Crippen molar-refractivity contribution in [3.8, 4) is 0 Å². The Kier molecular flexibility index (Phi) is 7.28. The lowest BCUT2D eigenvalue weighted by molar-refractivity contribution is 0.596. The normalized spacial score (nSPS) is 11.2. The van der Waals surface area contributed by atoms with Crippen LogP contribution in [0.15, 0.2) is 17.6 Å². The van der Waals surface area contributed by atoms with E-state index < -0.39 is 0 Å². The van der Waals surface area contributed by atoms with E-state index in [1.54, 1.807) is 18.1 Å². The number of nitrogens with zero attached hydrogens (tertiary/aromatic N) is 6. The third kappa shape index (κ3) is 4.68. The van der Waals surface area contributed by atoms with E-state index in [1.165, 1.54) is 11.9 Å². The van der Waals surface area contributed by atoms with E-state index >= 15 is 0 Å². The van der Waals surface area contributed by atoms with Gasteiger partial charge in [0.15, 0.2) is 5.96 Å². The molecule has 0 amide bonds. The van der Waals surface area contributed by atoms with Crippen molar-refractivity contribution in [2.45, 2.75) is 26.9 Å². The van der Waals surface area contributed by atoms with Gasteiger partial charge in [-0.1, -0.05) is 0 Å². The fourth-order valence-corrected chi connectivity index (χ4v) is 2.10. The lowest BCUT2D eigenvalue weighted by Crippen LogP contribution is -2.38. The quantitative estimate of drug-likeness (QED) is 0.423. The minimum atomic E-state index is 0. The van der Waals surface area contributed by atoms with Crippen LogP contribution in [0.5, 0.6) is 0 Å². The smallest absolute Gasteiger partial charge is 0.191 e. The van der Waals surface area contributed by atoms with Crippen LogP contribution in [-0.4, -0.2) is 44.1 Å². The van der Waals surface area contributed by atoms with Gasteiger partial charge in [0.1, 0.15) is 12.7 Å². The van der Waals surface area contributed by atoms with Gasteiger partial charge in [-0.2, -0.15) is 10.2 Å². The Morgan fingerprint density at radius 2 is 2.09 bits per heavy atom. The molecule has 2 aromatic heterocycles. The van der Waals surface area contributed by atoms with Gasteiger partial charge in [0.05, 0.1) is 12.2 Å².